The summed E-state index contributed by atoms with van der Waals surface area (Å²) in [6.07, 6.45) is 0.0197. The lowest BCUT2D eigenvalue weighted by atomic mass is 10.1. The Bertz CT molecular complexity index is 893. The number of hydrogen-bond donors (Lipinski definition) is 2. The molecular weight excluding hydrogens is 397 g/mol. The van der Waals surface area contributed by atoms with Crippen LogP contribution < -0.4 is 15.4 Å². The van der Waals surface area contributed by atoms with E-state index in [0.717, 1.165) is 5.56 Å². The average molecular weight is 420 g/mol. The van der Waals surface area contributed by atoms with Gasteiger partial charge in [0, 0.05) is 26.2 Å². The van der Waals surface area contributed by atoms with E-state index in [1.807, 2.05) is 29.2 Å². The maximum absolute atomic E-state index is 13.7. The summed E-state index contributed by atoms with van der Waals surface area (Å²) in [6.45, 7) is 1.75. The Morgan fingerprint density at radius 3 is 2.90 bits per heavy atom. The van der Waals surface area contributed by atoms with E-state index in [0.29, 0.717) is 37.5 Å². The number of amides is 2. The minimum absolute atomic E-state index is 0.0197. The molecule has 1 unspecified atom stereocenters. The van der Waals surface area contributed by atoms with E-state index in [4.69, 9.17) is 16.3 Å². The van der Waals surface area contributed by atoms with E-state index in [1.165, 1.54) is 12.1 Å². The molecule has 2 N–H and O–H groups in total. The van der Waals surface area contributed by atoms with Gasteiger partial charge in [-0.15, -0.1) is 0 Å². The zero-order valence-corrected chi connectivity index (χ0v) is 16.8. The largest absolute Gasteiger partial charge is 0.497 e. The van der Waals surface area contributed by atoms with Crippen molar-refractivity contribution in [3.05, 3.63) is 64.4 Å². The highest BCUT2D eigenvalue weighted by atomic mass is 35.5. The van der Waals surface area contributed by atoms with Crippen molar-refractivity contribution in [1.29, 1.82) is 0 Å². The molecule has 0 aliphatic carbocycles. The number of ether oxygens (including phenoxy) is 1. The van der Waals surface area contributed by atoms with Gasteiger partial charge in [0.05, 0.1) is 24.6 Å². The highest BCUT2D eigenvalue weighted by Gasteiger charge is 2.31. The van der Waals surface area contributed by atoms with E-state index in [1.54, 1.807) is 13.2 Å². The van der Waals surface area contributed by atoms with Gasteiger partial charge in [0.1, 0.15) is 11.6 Å². The molecule has 2 amide bonds. The van der Waals surface area contributed by atoms with Crippen LogP contribution in [0.5, 0.6) is 5.75 Å². The van der Waals surface area contributed by atoms with Crippen LogP contribution in [-0.2, 0) is 22.7 Å². The zero-order valence-electron chi connectivity index (χ0n) is 16.1. The molecule has 3 rings (SSSR count). The predicted molar refractivity (Wildman–Crippen MR) is 108 cm³/mol. The van der Waals surface area contributed by atoms with Gasteiger partial charge in [-0.1, -0.05) is 29.8 Å². The number of nitrogens with one attached hydrogen (secondary N) is 2. The summed E-state index contributed by atoms with van der Waals surface area (Å²) >= 11 is 5.73. The van der Waals surface area contributed by atoms with E-state index in [-0.39, 0.29) is 23.3 Å². The van der Waals surface area contributed by atoms with Crippen LogP contribution in [0.1, 0.15) is 17.5 Å². The van der Waals surface area contributed by atoms with Crippen LogP contribution in [0.3, 0.4) is 0 Å². The van der Waals surface area contributed by atoms with Gasteiger partial charge in [0.2, 0.25) is 11.8 Å². The van der Waals surface area contributed by atoms with Crippen molar-refractivity contribution >= 4 is 23.4 Å². The summed E-state index contributed by atoms with van der Waals surface area (Å²) in [6, 6.07) is 11.4. The van der Waals surface area contributed by atoms with E-state index in [2.05, 4.69) is 10.6 Å². The Balaban J connectivity index is 1.61. The van der Waals surface area contributed by atoms with Gasteiger partial charge >= 0.3 is 0 Å². The Labute approximate surface area is 174 Å². The smallest absolute Gasteiger partial charge is 0.237 e. The van der Waals surface area contributed by atoms with Crippen molar-refractivity contribution in [1.82, 2.24) is 15.5 Å². The number of hydrogen-bond acceptors (Lipinski definition) is 4. The minimum atomic E-state index is -0.618. The number of piperazine rings is 1. The molecule has 0 radical (unpaired) electrons. The van der Waals surface area contributed by atoms with Crippen molar-refractivity contribution in [2.45, 2.75) is 25.6 Å². The number of methoxy groups -OCH3 is 1. The van der Waals surface area contributed by atoms with Gasteiger partial charge in [-0.05, 0) is 35.4 Å². The predicted octanol–water partition coefficient (Wildman–Crippen LogP) is 2.49. The molecule has 1 heterocycles. The molecule has 0 aromatic heterocycles. The van der Waals surface area contributed by atoms with Gasteiger partial charge in [-0.25, -0.2) is 4.39 Å². The third kappa shape index (κ3) is 5.68. The highest BCUT2D eigenvalue weighted by Crippen LogP contribution is 2.19. The Morgan fingerprint density at radius 2 is 2.14 bits per heavy atom. The van der Waals surface area contributed by atoms with Crippen molar-refractivity contribution < 1.29 is 18.7 Å². The van der Waals surface area contributed by atoms with Crippen LogP contribution in [0, 0.1) is 5.82 Å². The van der Waals surface area contributed by atoms with Crippen molar-refractivity contribution in [3.63, 3.8) is 0 Å². The summed E-state index contributed by atoms with van der Waals surface area (Å²) in [4.78, 5) is 26.7. The molecule has 1 aliphatic rings. The van der Waals surface area contributed by atoms with Gasteiger partial charge < -0.3 is 15.4 Å². The van der Waals surface area contributed by atoms with Crippen LogP contribution in [0.2, 0.25) is 5.02 Å². The number of carbonyl (C=O) groups is 2. The SMILES string of the molecule is COc1cccc(CNC(=O)CC2C(=O)NCCN2Cc2ccc(Cl)c(F)c2)c1. The molecule has 1 atom stereocenters. The lowest BCUT2D eigenvalue weighted by molar-refractivity contribution is -0.134. The molecule has 8 heteroatoms. The first kappa shape index (κ1) is 21.1. The molecule has 0 saturated carbocycles. The van der Waals surface area contributed by atoms with Crippen molar-refractivity contribution in [3.8, 4) is 5.75 Å². The maximum Gasteiger partial charge on any atom is 0.237 e. The van der Waals surface area contributed by atoms with Crippen LogP contribution in [-0.4, -0.2) is 43.0 Å². The first-order chi connectivity index (χ1) is 14.0. The average Bonchev–Trinajstić information content (AvgIpc) is 2.72. The van der Waals surface area contributed by atoms with E-state index >= 15 is 0 Å². The zero-order chi connectivity index (χ0) is 20.8. The molecule has 6 nitrogen and oxygen atoms in total. The fourth-order valence-corrected chi connectivity index (χ4v) is 3.39. The van der Waals surface area contributed by atoms with Gasteiger partial charge in [0.15, 0.2) is 0 Å². The Hall–Kier alpha value is -2.64. The molecule has 29 heavy (non-hydrogen) atoms. The summed E-state index contributed by atoms with van der Waals surface area (Å²) in [5.74, 6) is -0.229. The van der Waals surface area contributed by atoms with Crippen LogP contribution in [0.4, 0.5) is 4.39 Å². The lowest BCUT2D eigenvalue weighted by Crippen LogP contribution is -2.56. The number of halogens is 2. The molecule has 1 fully saturated rings. The molecule has 0 bridgehead atoms. The lowest BCUT2D eigenvalue weighted by Gasteiger charge is -2.34. The fraction of sp³-hybridized carbons (Fsp3) is 0.333. The first-order valence-corrected chi connectivity index (χ1v) is 9.69. The number of carbonyl (C=O) groups excluding carboxylic acids is 2. The molecule has 1 aliphatic heterocycles. The Morgan fingerprint density at radius 1 is 1.31 bits per heavy atom. The van der Waals surface area contributed by atoms with Crippen molar-refractivity contribution in [2.75, 3.05) is 20.2 Å². The molecular formula is C21H23ClFN3O3. The first-order valence-electron chi connectivity index (χ1n) is 9.31. The fourth-order valence-electron chi connectivity index (χ4n) is 3.28. The van der Waals surface area contributed by atoms with Crippen LogP contribution >= 0.6 is 11.6 Å². The van der Waals surface area contributed by atoms with Gasteiger partial charge in [-0.3, -0.25) is 14.5 Å². The van der Waals surface area contributed by atoms with Crippen LogP contribution in [0.15, 0.2) is 42.5 Å². The monoisotopic (exact) mass is 419 g/mol. The number of rotatable bonds is 7. The van der Waals surface area contributed by atoms with Gasteiger partial charge in [0.25, 0.3) is 0 Å². The minimum Gasteiger partial charge on any atom is -0.497 e. The van der Waals surface area contributed by atoms with E-state index < -0.39 is 11.9 Å². The Kier molecular flexibility index (Phi) is 7.06. The van der Waals surface area contributed by atoms with E-state index in [9.17, 15) is 14.0 Å². The standard InChI is InChI=1S/C21H23ClFN3O3/c1-29-16-4-2-3-14(9-16)12-25-20(27)11-19-21(28)24-7-8-26(19)13-15-5-6-17(22)18(23)10-15/h2-6,9-10,19H,7-8,11-13H2,1H3,(H,24,28)(H,25,27). The molecule has 0 spiro atoms. The summed E-state index contributed by atoms with van der Waals surface area (Å²) in [7, 11) is 1.58. The summed E-state index contributed by atoms with van der Waals surface area (Å²) < 4.78 is 18.9. The molecule has 154 valence electrons. The van der Waals surface area contributed by atoms with Crippen LogP contribution in [0.25, 0.3) is 0 Å². The third-order valence-electron chi connectivity index (χ3n) is 4.81. The van der Waals surface area contributed by atoms with Crippen molar-refractivity contribution in [2.24, 2.45) is 0 Å². The summed E-state index contributed by atoms with van der Waals surface area (Å²) in [5.41, 5.74) is 1.60. The number of benzene rings is 2. The quantitative estimate of drug-likeness (QED) is 0.723. The molecule has 2 aromatic carbocycles. The third-order valence-corrected chi connectivity index (χ3v) is 5.12. The number of nitrogens with zero attached hydrogens (tertiary/aromatic N) is 1. The van der Waals surface area contributed by atoms with Gasteiger partial charge in [-0.2, -0.15) is 0 Å². The second kappa shape index (κ2) is 9.71. The maximum atomic E-state index is 13.7. The highest BCUT2D eigenvalue weighted by molar-refractivity contribution is 6.30. The molecule has 1 saturated heterocycles. The normalized spacial score (nSPS) is 16.9. The topological polar surface area (TPSA) is 70.7 Å². The second-order valence-corrected chi connectivity index (χ2v) is 7.27. The summed E-state index contributed by atoms with van der Waals surface area (Å²) in [5, 5.41) is 5.69. The molecule has 2 aromatic rings. The second-order valence-electron chi connectivity index (χ2n) is 6.86.